The fourth-order valence-electron chi connectivity index (χ4n) is 1.76. The Morgan fingerprint density at radius 1 is 1.05 bits per heavy atom. The van der Waals surface area contributed by atoms with Gasteiger partial charge < -0.3 is 11.1 Å². The van der Waals surface area contributed by atoms with Gasteiger partial charge in [-0.2, -0.15) is 0 Å². The summed E-state index contributed by atoms with van der Waals surface area (Å²) in [4.78, 5) is 11.2. The summed E-state index contributed by atoms with van der Waals surface area (Å²) in [6.45, 7) is 0.0567. The monoisotopic (exact) mass is 280 g/mol. The Morgan fingerprint density at radius 3 is 2.40 bits per heavy atom. The van der Waals surface area contributed by atoms with Gasteiger partial charge in [-0.05, 0) is 11.6 Å². The Kier molecular flexibility index (Phi) is 3.93. The minimum absolute atomic E-state index is 0.0567. The van der Waals surface area contributed by atoms with Crippen LogP contribution in [-0.4, -0.2) is 5.91 Å². The number of hydrogen-bond donors (Lipinski definition) is 2. The lowest BCUT2D eigenvalue weighted by Gasteiger charge is -2.10. The summed E-state index contributed by atoms with van der Waals surface area (Å²) < 4.78 is 39.3. The molecule has 0 saturated heterocycles. The molecule has 0 fully saturated rings. The number of halogens is 3. The van der Waals surface area contributed by atoms with Crippen molar-refractivity contribution in [3.63, 3.8) is 0 Å². The molecule has 0 aliphatic rings. The van der Waals surface area contributed by atoms with Crippen molar-refractivity contribution < 1.29 is 18.0 Å². The minimum Gasteiger partial charge on any atom is -0.378 e. The van der Waals surface area contributed by atoms with Crippen molar-refractivity contribution in [1.29, 1.82) is 0 Å². The fraction of sp³-hybridized carbons (Fsp3) is 0.0714. The summed E-state index contributed by atoms with van der Waals surface area (Å²) in [7, 11) is 0. The van der Waals surface area contributed by atoms with Gasteiger partial charge in [-0.1, -0.05) is 18.2 Å². The van der Waals surface area contributed by atoms with Crippen molar-refractivity contribution in [1.82, 2.24) is 0 Å². The Labute approximate surface area is 113 Å². The molecule has 0 heterocycles. The van der Waals surface area contributed by atoms with Crippen LogP contribution in [0.5, 0.6) is 0 Å². The first-order valence-electron chi connectivity index (χ1n) is 5.75. The topological polar surface area (TPSA) is 55.1 Å². The van der Waals surface area contributed by atoms with Crippen molar-refractivity contribution in [3.8, 4) is 0 Å². The van der Waals surface area contributed by atoms with E-state index in [-0.39, 0.29) is 17.8 Å². The molecule has 0 unspecified atom stereocenters. The third kappa shape index (κ3) is 2.90. The fourth-order valence-corrected chi connectivity index (χ4v) is 1.76. The van der Waals surface area contributed by atoms with Crippen molar-refractivity contribution >= 4 is 11.6 Å². The number of carbonyl (C=O) groups is 1. The van der Waals surface area contributed by atoms with Crippen LogP contribution in [0.1, 0.15) is 15.9 Å². The van der Waals surface area contributed by atoms with Crippen LogP contribution in [0.3, 0.4) is 0 Å². The highest BCUT2D eigenvalue weighted by molar-refractivity contribution is 5.94. The molecule has 0 bridgehead atoms. The van der Waals surface area contributed by atoms with Crippen molar-refractivity contribution in [2.75, 3.05) is 5.32 Å². The molecule has 0 radical (unpaired) electrons. The third-order valence-electron chi connectivity index (χ3n) is 2.76. The first-order valence-corrected chi connectivity index (χ1v) is 5.75. The zero-order valence-electron chi connectivity index (χ0n) is 10.3. The number of primary amides is 1. The number of carbonyl (C=O) groups excluding carboxylic acids is 1. The summed E-state index contributed by atoms with van der Waals surface area (Å²) in [5.74, 6) is -3.95. The predicted molar refractivity (Wildman–Crippen MR) is 68.6 cm³/mol. The molecule has 3 N–H and O–H groups in total. The second-order valence-corrected chi connectivity index (χ2v) is 4.12. The van der Waals surface area contributed by atoms with Gasteiger partial charge in [0.2, 0.25) is 5.91 Å². The standard InChI is InChI=1S/C14H11F3N2O/c15-10-5-12(17)13(6-11(10)16)19-7-8-3-1-2-4-9(8)14(18)20/h1-6,19H,7H2,(H2,18,20). The Bertz CT molecular complexity index is 659. The van der Waals surface area contributed by atoms with Crippen LogP contribution in [0.15, 0.2) is 36.4 Å². The Morgan fingerprint density at radius 2 is 1.70 bits per heavy atom. The highest BCUT2D eigenvalue weighted by Crippen LogP contribution is 2.19. The molecule has 2 rings (SSSR count). The van der Waals surface area contributed by atoms with Gasteiger partial charge in [0.1, 0.15) is 5.82 Å². The van der Waals surface area contributed by atoms with Crippen molar-refractivity contribution in [3.05, 3.63) is 65.0 Å². The maximum Gasteiger partial charge on any atom is 0.249 e. The number of anilines is 1. The van der Waals surface area contributed by atoms with E-state index in [4.69, 9.17) is 5.73 Å². The number of nitrogens with two attached hydrogens (primary N) is 1. The molecule has 0 aliphatic carbocycles. The molecule has 2 aromatic carbocycles. The van der Waals surface area contributed by atoms with Crippen molar-refractivity contribution in [2.45, 2.75) is 6.54 Å². The highest BCUT2D eigenvalue weighted by atomic mass is 19.2. The van der Waals surface area contributed by atoms with E-state index < -0.39 is 23.4 Å². The van der Waals surface area contributed by atoms with Gasteiger partial charge in [-0.3, -0.25) is 4.79 Å². The van der Waals surface area contributed by atoms with Gasteiger partial charge in [-0.25, -0.2) is 13.2 Å². The maximum absolute atomic E-state index is 13.4. The highest BCUT2D eigenvalue weighted by Gasteiger charge is 2.11. The van der Waals surface area contributed by atoms with Gasteiger partial charge in [0.15, 0.2) is 11.6 Å². The second-order valence-electron chi connectivity index (χ2n) is 4.12. The molecule has 104 valence electrons. The molecular formula is C14H11F3N2O. The van der Waals surface area contributed by atoms with E-state index in [1.54, 1.807) is 18.2 Å². The summed E-state index contributed by atoms with van der Waals surface area (Å²) >= 11 is 0. The van der Waals surface area contributed by atoms with Crippen LogP contribution < -0.4 is 11.1 Å². The maximum atomic E-state index is 13.4. The summed E-state index contributed by atoms with van der Waals surface area (Å²) in [5, 5.41) is 2.60. The normalized spacial score (nSPS) is 10.3. The zero-order chi connectivity index (χ0) is 14.7. The lowest BCUT2D eigenvalue weighted by atomic mass is 10.1. The molecule has 1 amide bonds. The summed E-state index contributed by atoms with van der Waals surface area (Å²) in [5.41, 5.74) is 5.83. The molecule has 0 aliphatic heterocycles. The molecule has 3 nitrogen and oxygen atoms in total. The van der Waals surface area contributed by atoms with Crippen LogP contribution in [-0.2, 0) is 6.54 Å². The SMILES string of the molecule is NC(=O)c1ccccc1CNc1cc(F)c(F)cc1F. The third-order valence-corrected chi connectivity index (χ3v) is 2.76. The number of amides is 1. The van der Waals surface area contributed by atoms with Gasteiger partial charge in [0.25, 0.3) is 0 Å². The second kappa shape index (κ2) is 5.64. The molecular weight excluding hydrogens is 269 g/mol. The first kappa shape index (κ1) is 13.9. The number of hydrogen-bond acceptors (Lipinski definition) is 2. The van der Waals surface area contributed by atoms with Crippen LogP contribution in [0, 0.1) is 17.5 Å². The first-order chi connectivity index (χ1) is 9.49. The van der Waals surface area contributed by atoms with Crippen LogP contribution >= 0.6 is 0 Å². The van der Waals surface area contributed by atoms with E-state index in [0.29, 0.717) is 11.6 Å². The molecule has 0 saturated carbocycles. The molecule has 20 heavy (non-hydrogen) atoms. The van der Waals surface area contributed by atoms with E-state index in [0.717, 1.165) is 6.07 Å². The van der Waals surface area contributed by atoms with Crippen LogP contribution in [0.25, 0.3) is 0 Å². The van der Waals surface area contributed by atoms with E-state index in [2.05, 4.69) is 5.32 Å². The average Bonchev–Trinajstić information content (AvgIpc) is 2.41. The zero-order valence-corrected chi connectivity index (χ0v) is 10.3. The van der Waals surface area contributed by atoms with Crippen LogP contribution in [0.2, 0.25) is 0 Å². The van der Waals surface area contributed by atoms with E-state index >= 15 is 0 Å². The van der Waals surface area contributed by atoms with Gasteiger partial charge in [0, 0.05) is 24.2 Å². The van der Waals surface area contributed by atoms with Gasteiger partial charge >= 0.3 is 0 Å². The van der Waals surface area contributed by atoms with Crippen molar-refractivity contribution in [2.24, 2.45) is 5.73 Å². The lowest BCUT2D eigenvalue weighted by Crippen LogP contribution is -2.15. The number of nitrogens with one attached hydrogen (secondary N) is 1. The quantitative estimate of drug-likeness (QED) is 0.846. The summed E-state index contributed by atoms with van der Waals surface area (Å²) in [6.07, 6.45) is 0. The predicted octanol–water partition coefficient (Wildman–Crippen LogP) is 2.81. The molecule has 6 heteroatoms. The average molecular weight is 280 g/mol. The lowest BCUT2D eigenvalue weighted by molar-refractivity contribution is 0.0999. The number of benzene rings is 2. The largest absolute Gasteiger partial charge is 0.378 e. The van der Waals surface area contributed by atoms with E-state index in [1.807, 2.05) is 0 Å². The molecule has 0 aromatic heterocycles. The Hall–Kier alpha value is -2.50. The molecule has 0 spiro atoms. The minimum atomic E-state index is -1.26. The summed E-state index contributed by atoms with van der Waals surface area (Å²) in [6, 6.07) is 7.66. The van der Waals surface area contributed by atoms with E-state index in [1.165, 1.54) is 6.07 Å². The Balaban J connectivity index is 2.21. The number of rotatable bonds is 4. The van der Waals surface area contributed by atoms with Gasteiger partial charge in [-0.15, -0.1) is 0 Å². The smallest absolute Gasteiger partial charge is 0.249 e. The van der Waals surface area contributed by atoms with Gasteiger partial charge in [0.05, 0.1) is 5.69 Å². The molecule has 0 atom stereocenters. The molecule has 2 aromatic rings. The van der Waals surface area contributed by atoms with E-state index in [9.17, 15) is 18.0 Å². The van der Waals surface area contributed by atoms with Crippen LogP contribution in [0.4, 0.5) is 18.9 Å².